The van der Waals surface area contributed by atoms with Gasteiger partial charge in [0.05, 0.1) is 11.3 Å². The SMILES string of the molecule is CCN(CCC(=O)O)c1ccc([N+](=O)[O-])cc1. The first-order valence-electron chi connectivity index (χ1n) is 5.25. The van der Waals surface area contributed by atoms with Gasteiger partial charge in [0.15, 0.2) is 0 Å². The van der Waals surface area contributed by atoms with Crippen molar-refractivity contribution < 1.29 is 14.8 Å². The Balaban J connectivity index is 2.75. The maximum Gasteiger partial charge on any atom is 0.305 e. The van der Waals surface area contributed by atoms with E-state index in [1.165, 1.54) is 12.1 Å². The van der Waals surface area contributed by atoms with Crippen LogP contribution in [-0.2, 0) is 4.79 Å². The molecule has 1 aromatic carbocycles. The molecule has 0 aliphatic rings. The zero-order chi connectivity index (χ0) is 12.8. The number of nitro groups is 1. The molecule has 6 heteroatoms. The fourth-order valence-electron chi connectivity index (χ4n) is 1.49. The molecular weight excluding hydrogens is 224 g/mol. The highest BCUT2D eigenvalue weighted by Gasteiger charge is 2.09. The normalized spacial score (nSPS) is 9.94. The van der Waals surface area contributed by atoms with Crippen LogP contribution in [-0.4, -0.2) is 29.1 Å². The number of benzene rings is 1. The van der Waals surface area contributed by atoms with Crippen molar-refractivity contribution in [2.45, 2.75) is 13.3 Å². The number of hydrogen-bond donors (Lipinski definition) is 1. The van der Waals surface area contributed by atoms with Gasteiger partial charge in [-0.3, -0.25) is 14.9 Å². The molecule has 0 aromatic heterocycles. The smallest absolute Gasteiger partial charge is 0.305 e. The number of carboxylic acids is 1. The average molecular weight is 238 g/mol. The highest BCUT2D eigenvalue weighted by Crippen LogP contribution is 2.19. The summed E-state index contributed by atoms with van der Waals surface area (Å²) in [5, 5.41) is 19.1. The standard InChI is InChI=1S/C11H14N2O4/c1-2-12(8-7-11(14)15)9-3-5-10(6-4-9)13(16)17/h3-6H,2,7-8H2,1H3,(H,14,15). The van der Waals surface area contributed by atoms with Crippen LogP contribution in [0.15, 0.2) is 24.3 Å². The van der Waals surface area contributed by atoms with Crippen molar-refractivity contribution in [1.29, 1.82) is 0 Å². The van der Waals surface area contributed by atoms with Crippen LogP contribution in [0.4, 0.5) is 11.4 Å². The summed E-state index contributed by atoms with van der Waals surface area (Å²) in [4.78, 5) is 22.4. The van der Waals surface area contributed by atoms with Crippen molar-refractivity contribution in [3.63, 3.8) is 0 Å². The Morgan fingerprint density at radius 3 is 2.41 bits per heavy atom. The van der Waals surface area contributed by atoms with Crippen LogP contribution in [0.25, 0.3) is 0 Å². The quantitative estimate of drug-likeness (QED) is 0.604. The lowest BCUT2D eigenvalue weighted by atomic mass is 10.2. The minimum absolute atomic E-state index is 0.0306. The topological polar surface area (TPSA) is 83.7 Å². The van der Waals surface area contributed by atoms with Crippen LogP contribution >= 0.6 is 0 Å². The van der Waals surface area contributed by atoms with Crippen molar-refractivity contribution in [3.8, 4) is 0 Å². The number of rotatable bonds is 6. The van der Waals surface area contributed by atoms with Gasteiger partial charge in [-0.2, -0.15) is 0 Å². The number of carboxylic acid groups (broad SMARTS) is 1. The monoisotopic (exact) mass is 238 g/mol. The lowest BCUT2D eigenvalue weighted by Crippen LogP contribution is -2.25. The number of non-ortho nitro benzene ring substituents is 1. The third-order valence-corrected chi connectivity index (χ3v) is 2.40. The summed E-state index contributed by atoms with van der Waals surface area (Å²) in [7, 11) is 0. The number of nitro benzene ring substituents is 1. The van der Waals surface area contributed by atoms with Crippen LogP contribution in [0.1, 0.15) is 13.3 Å². The van der Waals surface area contributed by atoms with Gasteiger partial charge in [0, 0.05) is 30.9 Å². The van der Waals surface area contributed by atoms with Crippen molar-refractivity contribution in [1.82, 2.24) is 0 Å². The number of nitrogens with zero attached hydrogens (tertiary/aromatic N) is 2. The van der Waals surface area contributed by atoms with E-state index in [0.29, 0.717) is 13.1 Å². The second-order valence-corrected chi connectivity index (χ2v) is 3.50. The molecule has 0 amide bonds. The molecule has 0 heterocycles. The molecule has 0 spiro atoms. The molecule has 0 unspecified atom stereocenters. The molecule has 0 saturated carbocycles. The molecule has 0 aliphatic heterocycles. The van der Waals surface area contributed by atoms with Gasteiger partial charge in [0.2, 0.25) is 0 Å². The lowest BCUT2D eigenvalue weighted by Gasteiger charge is -2.21. The molecule has 0 aliphatic carbocycles. The number of anilines is 1. The molecule has 0 bridgehead atoms. The molecule has 6 nitrogen and oxygen atoms in total. The Hall–Kier alpha value is -2.11. The predicted molar refractivity (Wildman–Crippen MR) is 63.2 cm³/mol. The molecule has 1 N–H and O–H groups in total. The predicted octanol–water partition coefficient (Wildman–Crippen LogP) is 1.90. The van der Waals surface area contributed by atoms with E-state index in [-0.39, 0.29) is 12.1 Å². The Labute approximate surface area is 98.6 Å². The molecule has 0 atom stereocenters. The lowest BCUT2D eigenvalue weighted by molar-refractivity contribution is -0.384. The summed E-state index contributed by atoms with van der Waals surface area (Å²) in [6.45, 7) is 2.96. The van der Waals surface area contributed by atoms with E-state index in [1.807, 2.05) is 11.8 Å². The largest absolute Gasteiger partial charge is 0.481 e. The Morgan fingerprint density at radius 1 is 1.41 bits per heavy atom. The molecule has 92 valence electrons. The van der Waals surface area contributed by atoms with E-state index in [0.717, 1.165) is 5.69 Å². The van der Waals surface area contributed by atoms with Crippen LogP contribution in [0.3, 0.4) is 0 Å². The molecule has 17 heavy (non-hydrogen) atoms. The highest BCUT2D eigenvalue weighted by molar-refractivity contribution is 5.67. The molecule has 0 radical (unpaired) electrons. The summed E-state index contributed by atoms with van der Waals surface area (Å²) in [6.07, 6.45) is 0.0465. The average Bonchev–Trinajstić information content (AvgIpc) is 2.30. The van der Waals surface area contributed by atoms with E-state index >= 15 is 0 Å². The second kappa shape index (κ2) is 5.83. The molecule has 1 aromatic rings. The molecule has 0 fully saturated rings. The maximum atomic E-state index is 10.5. The zero-order valence-corrected chi connectivity index (χ0v) is 9.50. The van der Waals surface area contributed by atoms with Gasteiger partial charge in [-0.15, -0.1) is 0 Å². The summed E-state index contributed by atoms with van der Waals surface area (Å²) >= 11 is 0. The van der Waals surface area contributed by atoms with Crippen LogP contribution < -0.4 is 4.90 Å². The van der Waals surface area contributed by atoms with E-state index in [2.05, 4.69) is 0 Å². The van der Waals surface area contributed by atoms with Crippen LogP contribution in [0, 0.1) is 10.1 Å². The van der Waals surface area contributed by atoms with Crippen LogP contribution in [0.5, 0.6) is 0 Å². The minimum atomic E-state index is -0.856. The molecule has 1 rings (SSSR count). The van der Waals surface area contributed by atoms with Gasteiger partial charge in [0.25, 0.3) is 5.69 Å². The fraction of sp³-hybridized carbons (Fsp3) is 0.364. The minimum Gasteiger partial charge on any atom is -0.481 e. The van der Waals surface area contributed by atoms with Gasteiger partial charge < -0.3 is 10.0 Å². The number of aliphatic carboxylic acids is 1. The molecular formula is C11H14N2O4. The molecule has 0 saturated heterocycles. The van der Waals surface area contributed by atoms with E-state index in [1.54, 1.807) is 12.1 Å². The second-order valence-electron chi connectivity index (χ2n) is 3.50. The number of hydrogen-bond acceptors (Lipinski definition) is 4. The van der Waals surface area contributed by atoms with Gasteiger partial charge in [-0.25, -0.2) is 0 Å². The Bertz CT molecular complexity index is 402. The Kier molecular flexibility index (Phi) is 4.45. The van der Waals surface area contributed by atoms with Gasteiger partial charge in [-0.1, -0.05) is 0 Å². The summed E-state index contributed by atoms with van der Waals surface area (Å²) < 4.78 is 0. The third-order valence-electron chi connectivity index (χ3n) is 2.40. The van der Waals surface area contributed by atoms with Gasteiger partial charge in [0.1, 0.15) is 0 Å². The van der Waals surface area contributed by atoms with Crippen molar-refractivity contribution in [2.24, 2.45) is 0 Å². The Morgan fingerprint density at radius 2 is 2.00 bits per heavy atom. The number of carbonyl (C=O) groups is 1. The first-order chi connectivity index (χ1) is 8.04. The maximum absolute atomic E-state index is 10.5. The van der Waals surface area contributed by atoms with E-state index in [9.17, 15) is 14.9 Å². The highest BCUT2D eigenvalue weighted by atomic mass is 16.6. The van der Waals surface area contributed by atoms with E-state index < -0.39 is 10.9 Å². The summed E-state index contributed by atoms with van der Waals surface area (Å²) in [5.41, 5.74) is 0.822. The van der Waals surface area contributed by atoms with Gasteiger partial charge in [-0.05, 0) is 19.1 Å². The van der Waals surface area contributed by atoms with Crippen molar-refractivity contribution in [2.75, 3.05) is 18.0 Å². The summed E-state index contributed by atoms with van der Waals surface area (Å²) in [6, 6.07) is 6.09. The first kappa shape index (κ1) is 13.0. The zero-order valence-electron chi connectivity index (χ0n) is 9.50. The van der Waals surface area contributed by atoms with Crippen LogP contribution in [0.2, 0.25) is 0 Å². The third kappa shape index (κ3) is 3.75. The van der Waals surface area contributed by atoms with Crippen molar-refractivity contribution >= 4 is 17.3 Å². The van der Waals surface area contributed by atoms with E-state index in [4.69, 9.17) is 5.11 Å². The fourth-order valence-corrected chi connectivity index (χ4v) is 1.49. The summed E-state index contributed by atoms with van der Waals surface area (Å²) in [5.74, 6) is -0.856. The van der Waals surface area contributed by atoms with Crippen molar-refractivity contribution in [3.05, 3.63) is 34.4 Å². The van der Waals surface area contributed by atoms with Gasteiger partial charge >= 0.3 is 5.97 Å². The first-order valence-corrected chi connectivity index (χ1v) is 5.25.